The van der Waals surface area contributed by atoms with Crippen molar-refractivity contribution in [2.24, 2.45) is 0 Å². The molecular weight excluding hydrogens is 315 g/mol. The largest absolute Gasteiger partial charge is 0.368 e. The smallest absolute Gasteiger partial charge is 0.224 e. The predicted molar refractivity (Wildman–Crippen MR) is 73.5 cm³/mol. The Labute approximate surface area is 115 Å². The molecule has 2 heterocycles. The number of anilines is 3. The lowest BCUT2D eigenvalue weighted by Crippen LogP contribution is -2.01. The Morgan fingerprint density at radius 2 is 2.16 bits per heavy atom. The van der Waals surface area contributed by atoms with Crippen LogP contribution in [-0.2, 0) is 0 Å². The Kier molecular flexibility index (Phi) is 2.79. The fourth-order valence-electron chi connectivity index (χ4n) is 1.65. The monoisotopic (exact) mass is 322 g/mol. The minimum absolute atomic E-state index is 0.114. The highest BCUT2D eigenvalue weighted by molar-refractivity contribution is 9.10. The average Bonchev–Trinajstić information content (AvgIpc) is 2.82. The van der Waals surface area contributed by atoms with Gasteiger partial charge in [0.1, 0.15) is 11.3 Å². The van der Waals surface area contributed by atoms with Gasteiger partial charge >= 0.3 is 0 Å². The van der Waals surface area contributed by atoms with Gasteiger partial charge in [-0.2, -0.15) is 9.97 Å². The summed E-state index contributed by atoms with van der Waals surface area (Å²) in [6.45, 7) is 0. The zero-order chi connectivity index (χ0) is 13.4. The molecule has 0 aliphatic rings. The molecule has 0 aliphatic heterocycles. The third-order valence-corrected chi connectivity index (χ3v) is 3.09. The van der Waals surface area contributed by atoms with Gasteiger partial charge in [0.2, 0.25) is 5.95 Å². The average molecular weight is 323 g/mol. The van der Waals surface area contributed by atoms with Crippen LogP contribution in [0, 0.1) is 5.82 Å². The second-order valence-electron chi connectivity index (χ2n) is 3.79. The Hall–Kier alpha value is -2.22. The molecule has 4 N–H and O–H groups in total. The summed E-state index contributed by atoms with van der Waals surface area (Å²) in [6, 6.07) is 4.55. The maximum atomic E-state index is 13.2. The quantitative estimate of drug-likeness (QED) is 0.674. The van der Waals surface area contributed by atoms with E-state index in [0.29, 0.717) is 27.1 Å². The molecule has 6 nitrogen and oxygen atoms in total. The molecule has 19 heavy (non-hydrogen) atoms. The number of benzene rings is 1. The van der Waals surface area contributed by atoms with Crippen LogP contribution in [0.15, 0.2) is 29.0 Å². The Balaban J connectivity index is 2.04. The van der Waals surface area contributed by atoms with Crippen LogP contribution >= 0.6 is 15.9 Å². The standard InChI is InChI=1S/C11H8BrFN6/c12-6-3-5(1-2-7(6)13)17-10-8-9(16-4-15-8)18-11(14)19-10/h1-4H,(H4,14,15,16,17,18,19). The first kappa shape index (κ1) is 11.8. The molecule has 2 aromatic heterocycles. The number of hydrogen-bond acceptors (Lipinski definition) is 5. The molecule has 0 fully saturated rings. The van der Waals surface area contributed by atoms with Gasteiger partial charge in [0.05, 0.1) is 10.8 Å². The van der Waals surface area contributed by atoms with Gasteiger partial charge in [-0.1, -0.05) is 0 Å². The van der Waals surface area contributed by atoms with Crippen LogP contribution in [0.4, 0.5) is 21.8 Å². The number of nitrogen functional groups attached to an aromatic ring is 1. The van der Waals surface area contributed by atoms with Gasteiger partial charge in [-0.3, -0.25) is 0 Å². The maximum Gasteiger partial charge on any atom is 0.224 e. The highest BCUT2D eigenvalue weighted by atomic mass is 79.9. The van der Waals surface area contributed by atoms with E-state index in [4.69, 9.17) is 5.73 Å². The first-order chi connectivity index (χ1) is 9.13. The summed E-state index contributed by atoms with van der Waals surface area (Å²) in [5.41, 5.74) is 7.38. The minimum Gasteiger partial charge on any atom is -0.368 e. The fourth-order valence-corrected chi connectivity index (χ4v) is 2.03. The van der Waals surface area contributed by atoms with Crippen molar-refractivity contribution < 1.29 is 4.39 Å². The topological polar surface area (TPSA) is 92.5 Å². The van der Waals surface area contributed by atoms with Gasteiger partial charge in [-0.15, -0.1) is 0 Å². The van der Waals surface area contributed by atoms with Crippen molar-refractivity contribution >= 4 is 44.5 Å². The molecule has 0 unspecified atom stereocenters. The molecule has 0 radical (unpaired) electrons. The summed E-state index contributed by atoms with van der Waals surface area (Å²) in [4.78, 5) is 15.0. The van der Waals surface area contributed by atoms with Gasteiger partial charge in [0.25, 0.3) is 0 Å². The van der Waals surface area contributed by atoms with E-state index in [0.717, 1.165) is 0 Å². The SMILES string of the molecule is Nc1nc(Nc2ccc(F)c(Br)c2)c2[nH]cnc2n1. The van der Waals surface area contributed by atoms with Gasteiger partial charge < -0.3 is 16.0 Å². The highest BCUT2D eigenvalue weighted by Crippen LogP contribution is 2.25. The zero-order valence-corrected chi connectivity index (χ0v) is 11.1. The van der Waals surface area contributed by atoms with E-state index in [2.05, 4.69) is 41.2 Å². The van der Waals surface area contributed by atoms with E-state index in [-0.39, 0.29) is 11.8 Å². The number of imidazole rings is 1. The highest BCUT2D eigenvalue weighted by Gasteiger charge is 2.09. The number of H-pyrrole nitrogens is 1. The molecule has 0 bridgehead atoms. The van der Waals surface area contributed by atoms with Crippen molar-refractivity contribution in [2.75, 3.05) is 11.1 Å². The van der Waals surface area contributed by atoms with E-state index in [1.54, 1.807) is 12.1 Å². The predicted octanol–water partition coefficient (Wildman–Crippen LogP) is 2.58. The molecule has 1 aromatic carbocycles. The zero-order valence-electron chi connectivity index (χ0n) is 9.48. The molecule has 0 saturated carbocycles. The van der Waals surface area contributed by atoms with Crippen molar-refractivity contribution in [2.45, 2.75) is 0 Å². The molecule has 0 amide bonds. The number of aromatic nitrogens is 4. The van der Waals surface area contributed by atoms with Crippen molar-refractivity contribution in [1.29, 1.82) is 0 Å². The Morgan fingerprint density at radius 1 is 1.32 bits per heavy atom. The van der Waals surface area contributed by atoms with Crippen LogP contribution in [0.3, 0.4) is 0 Å². The first-order valence-electron chi connectivity index (χ1n) is 5.32. The van der Waals surface area contributed by atoms with Crippen molar-refractivity contribution in [3.63, 3.8) is 0 Å². The molecule has 96 valence electrons. The summed E-state index contributed by atoms with van der Waals surface area (Å²) in [6.07, 6.45) is 1.50. The summed E-state index contributed by atoms with van der Waals surface area (Å²) in [5.74, 6) is 0.265. The van der Waals surface area contributed by atoms with E-state index >= 15 is 0 Å². The lowest BCUT2D eigenvalue weighted by atomic mass is 10.3. The molecular formula is C11H8BrFN6. The Morgan fingerprint density at radius 3 is 2.95 bits per heavy atom. The van der Waals surface area contributed by atoms with Crippen LogP contribution < -0.4 is 11.1 Å². The summed E-state index contributed by atoms with van der Waals surface area (Å²) >= 11 is 3.12. The molecule has 8 heteroatoms. The number of nitrogens with one attached hydrogen (secondary N) is 2. The van der Waals surface area contributed by atoms with Crippen LogP contribution in [0.25, 0.3) is 11.2 Å². The number of hydrogen-bond donors (Lipinski definition) is 3. The summed E-state index contributed by atoms with van der Waals surface area (Å²) < 4.78 is 13.5. The van der Waals surface area contributed by atoms with Gasteiger partial charge in [-0.25, -0.2) is 9.37 Å². The molecule has 3 aromatic rings. The van der Waals surface area contributed by atoms with Crippen molar-refractivity contribution in [3.05, 3.63) is 34.8 Å². The fraction of sp³-hybridized carbons (Fsp3) is 0. The molecule has 0 saturated heterocycles. The number of nitrogens with two attached hydrogens (primary N) is 1. The van der Waals surface area contributed by atoms with Crippen LogP contribution in [-0.4, -0.2) is 19.9 Å². The van der Waals surface area contributed by atoms with Crippen molar-refractivity contribution in [3.8, 4) is 0 Å². The lowest BCUT2D eigenvalue weighted by molar-refractivity contribution is 0.621. The van der Waals surface area contributed by atoms with E-state index in [1.807, 2.05) is 0 Å². The summed E-state index contributed by atoms with van der Waals surface area (Å²) in [7, 11) is 0. The number of fused-ring (bicyclic) bond motifs is 1. The van der Waals surface area contributed by atoms with Crippen molar-refractivity contribution in [1.82, 2.24) is 19.9 Å². The van der Waals surface area contributed by atoms with Crippen LogP contribution in [0.2, 0.25) is 0 Å². The van der Waals surface area contributed by atoms with E-state index in [9.17, 15) is 4.39 Å². The van der Waals surface area contributed by atoms with Gasteiger partial charge in [0.15, 0.2) is 11.5 Å². The van der Waals surface area contributed by atoms with Gasteiger partial charge in [0, 0.05) is 5.69 Å². The Bertz CT molecular complexity index is 756. The van der Waals surface area contributed by atoms with Crippen LogP contribution in [0.5, 0.6) is 0 Å². The second kappa shape index (κ2) is 4.47. The molecule has 0 atom stereocenters. The molecule has 0 spiro atoms. The number of rotatable bonds is 2. The van der Waals surface area contributed by atoms with E-state index < -0.39 is 0 Å². The minimum atomic E-state index is -0.334. The third-order valence-electron chi connectivity index (χ3n) is 2.49. The summed E-state index contributed by atoms with van der Waals surface area (Å²) in [5, 5.41) is 3.04. The lowest BCUT2D eigenvalue weighted by Gasteiger charge is -2.07. The molecule has 0 aliphatic carbocycles. The normalized spacial score (nSPS) is 10.8. The second-order valence-corrected chi connectivity index (χ2v) is 4.64. The number of halogens is 2. The number of aromatic amines is 1. The number of nitrogens with zero attached hydrogens (tertiary/aromatic N) is 3. The molecule has 3 rings (SSSR count). The van der Waals surface area contributed by atoms with E-state index in [1.165, 1.54) is 12.4 Å². The third kappa shape index (κ3) is 2.22. The van der Waals surface area contributed by atoms with Crippen LogP contribution in [0.1, 0.15) is 0 Å². The van der Waals surface area contributed by atoms with Gasteiger partial charge in [-0.05, 0) is 34.1 Å². The maximum absolute atomic E-state index is 13.2. The first-order valence-corrected chi connectivity index (χ1v) is 6.11.